The maximum Gasteiger partial charge on any atom is 0.220 e. The highest BCUT2D eigenvalue weighted by Gasteiger charge is 2.01. The topological polar surface area (TPSA) is 104 Å². The van der Waals surface area contributed by atoms with Gasteiger partial charge in [0.05, 0.1) is 11.4 Å². The molecule has 0 saturated carbocycles. The van der Waals surface area contributed by atoms with Crippen LogP contribution in [-0.2, 0) is 0 Å². The fourth-order valence-corrected chi connectivity index (χ4v) is 1.03. The Balaban J connectivity index is 2.49. The average molecular weight is 188 g/mol. The van der Waals surface area contributed by atoms with E-state index >= 15 is 0 Å². The minimum Gasteiger partial charge on any atom is -0.384 e. The molecule has 0 aliphatic rings. The number of aromatic nitrogens is 4. The summed E-state index contributed by atoms with van der Waals surface area (Å²) in [6.45, 7) is 0. The van der Waals surface area contributed by atoms with E-state index in [0.717, 1.165) is 0 Å². The summed E-state index contributed by atoms with van der Waals surface area (Å²) < 4.78 is 0. The van der Waals surface area contributed by atoms with E-state index in [1.54, 1.807) is 18.3 Å². The number of hydrogen-bond donors (Lipinski definition) is 2. The van der Waals surface area contributed by atoms with Crippen LogP contribution in [0.15, 0.2) is 24.7 Å². The molecule has 6 heteroatoms. The second kappa shape index (κ2) is 3.25. The molecule has 0 spiro atoms. The van der Waals surface area contributed by atoms with E-state index in [-0.39, 0.29) is 5.95 Å². The van der Waals surface area contributed by atoms with Gasteiger partial charge >= 0.3 is 0 Å². The molecule has 0 aliphatic carbocycles. The Morgan fingerprint density at radius 2 is 1.86 bits per heavy atom. The number of anilines is 2. The Bertz CT molecular complexity index is 412. The molecule has 0 saturated heterocycles. The molecule has 0 aromatic carbocycles. The van der Waals surface area contributed by atoms with Gasteiger partial charge in [-0.2, -0.15) is 0 Å². The van der Waals surface area contributed by atoms with E-state index in [2.05, 4.69) is 19.9 Å². The fourth-order valence-electron chi connectivity index (χ4n) is 1.03. The molecule has 2 aromatic heterocycles. The maximum atomic E-state index is 5.51. The van der Waals surface area contributed by atoms with Crippen LogP contribution in [0.25, 0.3) is 11.4 Å². The second-order valence-corrected chi connectivity index (χ2v) is 2.63. The highest BCUT2D eigenvalue weighted by molar-refractivity contribution is 5.57. The lowest BCUT2D eigenvalue weighted by Gasteiger charge is -2.00. The van der Waals surface area contributed by atoms with Crippen molar-refractivity contribution in [3.8, 4) is 11.4 Å². The Kier molecular flexibility index (Phi) is 1.94. The molecule has 0 atom stereocenters. The first-order chi connectivity index (χ1) is 6.75. The maximum absolute atomic E-state index is 5.51. The lowest BCUT2D eigenvalue weighted by molar-refractivity contribution is 1.13. The number of nitrogen functional groups attached to an aromatic ring is 2. The van der Waals surface area contributed by atoms with Crippen LogP contribution in [0, 0.1) is 0 Å². The van der Waals surface area contributed by atoms with Crippen molar-refractivity contribution in [2.75, 3.05) is 11.5 Å². The van der Waals surface area contributed by atoms with Crippen molar-refractivity contribution in [3.63, 3.8) is 0 Å². The lowest BCUT2D eigenvalue weighted by Crippen LogP contribution is -1.98. The SMILES string of the molecule is Nc1cc(-c2ccnc(N)n2)ncn1. The molecule has 2 rings (SSSR count). The summed E-state index contributed by atoms with van der Waals surface area (Å²) in [6.07, 6.45) is 2.94. The average Bonchev–Trinajstić information content (AvgIpc) is 2.18. The third kappa shape index (κ3) is 1.58. The van der Waals surface area contributed by atoms with Crippen LogP contribution in [0.1, 0.15) is 0 Å². The van der Waals surface area contributed by atoms with Crippen molar-refractivity contribution in [3.05, 3.63) is 24.7 Å². The Labute approximate surface area is 80.0 Å². The molecule has 0 amide bonds. The quantitative estimate of drug-likeness (QED) is 0.657. The molecule has 0 aliphatic heterocycles. The summed E-state index contributed by atoms with van der Waals surface area (Å²) in [5.74, 6) is 0.604. The lowest BCUT2D eigenvalue weighted by atomic mass is 10.3. The second-order valence-electron chi connectivity index (χ2n) is 2.63. The van der Waals surface area contributed by atoms with Crippen LogP contribution in [0.5, 0.6) is 0 Å². The molecular formula is C8H8N6. The summed E-state index contributed by atoms with van der Waals surface area (Å²) >= 11 is 0. The third-order valence-electron chi connectivity index (χ3n) is 1.62. The van der Waals surface area contributed by atoms with E-state index < -0.39 is 0 Å². The predicted molar refractivity (Wildman–Crippen MR) is 51.9 cm³/mol. The van der Waals surface area contributed by atoms with E-state index in [1.165, 1.54) is 6.33 Å². The van der Waals surface area contributed by atoms with E-state index in [4.69, 9.17) is 11.5 Å². The van der Waals surface area contributed by atoms with Gasteiger partial charge < -0.3 is 11.5 Å². The fraction of sp³-hybridized carbons (Fsp3) is 0. The van der Waals surface area contributed by atoms with Crippen molar-refractivity contribution >= 4 is 11.8 Å². The predicted octanol–water partition coefficient (Wildman–Crippen LogP) is 0.0980. The normalized spacial score (nSPS) is 10.0. The Morgan fingerprint density at radius 1 is 1.00 bits per heavy atom. The molecule has 0 unspecified atom stereocenters. The zero-order valence-electron chi connectivity index (χ0n) is 7.25. The summed E-state index contributed by atoms with van der Waals surface area (Å²) in [4.78, 5) is 15.6. The van der Waals surface area contributed by atoms with Gasteiger partial charge in [-0.05, 0) is 6.07 Å². The first-order valence-corrected chi connectivity index (χ1v) is 3.92. The van der Waals surface area contributed by atoms with Crippen LogP contribution < -0.4 is 11.5 Å². The monoisotopic (exact) mass is 188 g/mol. The van der Waals surface area contributed by atoms with Crippen LogP contribution in [0.2, 0.25) is 0 Å². The number of nitrogens with two attached hydrogens (primary N) is 2. The van der Waals surface area contributed by atoms with Gasteiger partial charge in [0, 0.05) is 12.3 Å². The minimum atomic E-state index is 0.208. The van der Waals surface area contributed by atoms with Gasteiger partial charge in [0.1, 0.15) is 12.1 Å². The number of nitrogens with zero attached hydrogens (tertiary/aromatic N) is 4. The van der Waals surface area contributed by atoms with Gasteiger partial charge in [0.2, 0.25) is 5.95 Å². The van der Waals surface area contributed by atoms with Crippen molar-refractivity contribution in [2.24, 2.45) is 0 Å². The zero-order chi connectivity index (χ0) is 9.97. The van der Waals surface area contributed by atoms with Crippen LogP contribution in [-0.4, -0.2) is 19.9 Å². The molecule has 0 bridgehead atoms. The molecule has 0 radical (unpaired) electrons. The molecule has 4 N–H and O–H groups in total. The van der Waals surface area contributed by atoms with Crippen LogP contribution in [0.3, 0.4) is 0 Å². The Hall–Kier alpha value is -2.24. The molecule has 70 valence electrons. The molecule has 14 heavy (non-hydrogen) atoms. The first-order valence-electron chi connectivity index (χ1n) is 3.92. The highest BCUT2D eigenvalue weighted by Crippen LogP contribution is 2.14. The van der Waals surface area contributed by atoms with Crippen molar-refractivity contribution < 1.29 is 0 Å². The highest BCUT2D eigenvalue weighted by atomic mass is 15.0. The van der Waals surface area contributed by atoms with Gasteiger partial charge in [-0.15, -0.1) is 0 Å². The van der Waals surface area contributed by atoms with Crippen molar-refractivity contribution in [1.82, 2.24) is 19.9 Å². The molecular weight excluding hydrogens is 180 g/mol. The van der Waals surface area contributed by atoms with Crippen molar-refractivity contribution in [2.45, 2.75) is 0 Å². The summed E-state index contributed by atoms with van der Waals surface area (Å²) in [6, 6.07) is 3.33. The van der Waals surface area contributed by atoms with Gasteiger partial charge in [0.25, 0.3) is 0 Å². The first kappa shape index (κ1) is 8.36. The summed E-state index contributed by atoms with van der Waals surface area (Å²) in [5, 5.41) is 0. The van der Waals surface area contributed by atoms with Crippen molar-refractivity contribution in [1.29, 1.82) is 0 Å². The van der Waals surface area contributed by atoms with Gasteiger partial charge in [0.15, 0.2) is 0 Å². The minimum absolute atomic E-state index is 0.208. The number of rotatable bonds is 1. The van der Waals surface area contributed by atoms with E-state index in [9.17, 15) is 0 Å². The zero-order valence-corrected chi connectivity index (χ0v) is 7.25. The van der Waals surface area contributed by atoms with Gasteiger partial charge in [-0.25, -0.2) is 19.9 Å². The standard InChI is InChI=1S/C8H8N6/c9-7-3-6(12-4-13-7)5-1-2-11-8(10)14-5/h1-4H,(H2,9,12,13)(H2,10,11,14). The van der Waals surface area contributed by atoms with E-state index in [0.29, 0.717) is 17.2 Å². The summed E-state index contributed by atoms with van der Waals surface area (Å²) in [5.41, 5.74) is 12.2. The third-order valence-corrected chi connectivity index (χ3v) is 1.62. The van der Waals surface area contributed by atoms with Gasteiger partial charge in [-0.3, -0.25) is 0 Å². The molecule has 6 nitrogen and oxygen atoms in total. The summed E-state index contributed by atoms with van der Waals surface area (Å²) in [7, 11) is 0. The van der Waals surface area contributed by atoms with Crippen LogP contribution in [0.4, 0.5) is 11.8 Å². The largest absolute Gasteiger partial charge is 0.384 e. The molecule has 2 aromatic rings. The van der Waals surface area contributed by atoms with Crippen LogP contribution >= 0.6 is 0 Å². The molecule has 2 heterocycles. The molecule has 0 fully saturated rings. The Morgan fingerprint density at radius 3 is 2.57 bits per heavy atom. The number of hydrogen-bond acceptors (Lipinski definition) is 6. The van der Waals surface area contributed by atoms with Gasteiger partial charge in [-0.1, -0.05) is 0 Å². The smallest absolute Gasteiger partial charge is 0.220 e. The van der Waals surface area contributed by atoms with E-state index in [1.807, 2.05) is 0 Å².